The standard InChI is InChI=1S/C13H12BrNO4S2/c14-11-5-6-20-12(11)7-15-21(18,19)8-9-1-3-10(4-2-9)13(16)17/h1-6,15H,7-8H2,(H,16,17). The van der Waals surface area contributed by atoms with Crippen molar-refractivity contribution in [3.63, 3.8) is 0 Å². The van der Waals surface area contributed by atoms with Gasteiger partial charge in [-0.2, -0.15) is 0 Å². The Hall–Kier alpha value is -1.22. The topological polar surface area (TPSA) is 83.5 Å². The highest BCUT2D eigenvalue weighted by Crippen LogP contribution is 2.22. The minimum Gasteiger partial charge on any atom is -0.478 e. The fraction of sp³-hybridized carbons (Fsp3) is 0.154. The van der Waals surface area contributed by atoms with Gasteiger partial charge in [-0.3, -0.25) is 0 Å². The van der Waals surface area contributed by atoms with Gasteiger partial charge in [-0.05, 0) is 45.1 Å². The lowest BCUT2D eigenvalue weighted by molar-refractivity contribution is 0.0697. The molecule has 0 saturated heterocycles. The minimum absolute atomic E-state index is 0.131. The number of carboxylic acid groups (broad SMARTS) is 1. The fourth-order valence-corrected chi connectivity index (χ4v) is 4.26. The third-order valence-corrected chi connectivity index (χ3v) is 5.93. The van der Waals surface area contributed by atoms with Crippen LogP contribution in [0.15, 0.2) is 40.2 Å². The summed E-state index contributed by atoms with van der Waals surface area (Å²) in [5.41, 5.74) is 0.671. The summed E-state index contributed by atoms with van der Waals surface area (Å²) in [7, 11) is -3.47. The van der Waals surface area contributed by atoms with Crippen molar-refractivity contribution < 1.29 is 18.3 Å². The molecule has 1 aromatic carbocycles. The molecule has 0 atom stereocenters. The summed E-state index contributed by atoms with van der Waals surface area (Å²) in [6.45, 7) is 0.230. The first-order chi connectivity index (χ1) is 9.87. The summed E-state index contributed by atoms with van der Waals surface area (Å²) >= 11 is 4.80. The predicted octanol–water partition coefficient (Wildman–Crippen LogP) is 2.83. The van der Waals surface area contributed by atoms with Crippen molar-refractivity contribution in [2.24, 2.45) is 0 Å². The average Bonchev–Trinajstić information content (AvgIpc) is 2.82. The van der Waals surface area contributed by atoms with E-state index >= 15 is 0 Å². The highest BCUT2D eigenvalue weighted by molar-refractivity contribution is 9.10. The van der Waals surface area contributed by atoms with Gasteiger partial charge in [0.15, 0.2) is 0 Å². The second-order valence-electron chi connectivity index (χ2n) is 4.27. The van der Waals surface area contributed by atoms with E-state index in [9.17, 15) is 13.2 Å². The van der Waals surface area contributed by atoms with E-state index < -0.39 is 16.0 Å². The molecule has 2 rings (SSSR count). The Morgan fingerprint density at radius 2 is 1.90 bits per heavy atom. The van der Waals surface area contributed by atoms with Crippen LogP contribution in [0.1, 0.15) is 20.8 Å². The number of aromatic carboxylic acids is 1. The molecular formula is C13H12BrNO4S2. The van der Waals surface area contributed by atoms with Gasteiger partial charge in [-0.25, -0.2) is 17.9 Å². The average molecular weight is 390 g/mol. The number of nitrogens with one attached hydrogen (secondary N) is 1. The van der Waals surface area contributed by atoms with E-state index in [2.05, 4.69) is 20.7 Å². The predicted molar refractivity (Wildman–Crippen MR) is 84.9 cm³/mol. The lowest BCUT2D eigenvalue weighted by atomic mass is 10.1. The summed E-state index contributed by atoms with van der Waals surface area (Å²) in [5.74, 6) is -1.22. The van der Waals surface area contributed by atoms with Gasteiger partial charge in [0.25, 0.3) is 0 Å². The number of hydrogen-bond donors (Lipinski definition) is 2. The van der Waals surface area contributed by atoms with E-state index in [1.807, 2.05) is 11.4 Å². The molecule has 0 fully saturated rings. The molecule has 2 aromatic rings. The zero-order valence-corrected chi connectivity index (χ0v) is 14.0. The second kappa shape index (κ2) is 6.69. The van der Waals surface area contributed by atoms with Crippen LogP contribution in [0, 0.1) is 0 Å². The van der Waals surface area contributed by atoms with Gasteiger partial charge in [0.05, 0.1) is 11.3 Å². The summed E-state index contributed by atoms with van der Waals surface area (Å²) in [6, 6.07) is 7.65. The van der Waals surface area contributed by atoms with E-state index in [-0.39, 0.29) is 17.9 Å². The molecule has 0 aliphatic rings. The lowest BCUT2D eigenvalue weighted by Gasteiger charge is -2.06. The van der Waals surface area contributed by atoms with Crippen LogP contribution >= 0.6 is 27.3 Å². The molecule has 5 nitrogen and oxygen atoms in total. The van der Waals surface area contributed by atoms with Crippen LogP contribution in [-0.4, -0.2) is 19.5 Å². The number of hydrogen-bond acceptors (Lipinski definition) is 4. The van der Waals surface area contributed by atoms with Crippen LogP contribution in [0.2, 0.25) is 0 Å². The van der Waals surface area contributed by atoms with E-state index in [1.165, 1.54) is 35.6 Å². The van der Waals surface area contributed by atoms with Crippen LogP contribution in [0.4, 0.5) is 0 Å². The molecule has 1 aromatic heterocycles. The van der Waals surface area contributed by atoms with Gasteiger partial charge in [-0.15, -0.1) is 11.3 Å². The smallest absolute Gasteiger partial charge is 0.335 e. The maximum atomic E-state index is 12.0. The van der Waals surface area contributed by atoms with Crippen molar-refractivity contribution in [1.82, 2.24) is 4.72 Å². The van der Waals surface area contributed by atoms with Crippen LogP contribution in [-0.2, 0) is 22.3 Å². The van der Waals surface area contributed by atoms with Crippen molar-refractivity contribution in [2.45, 2.75) is 12.3 Å². The van der Waals surface area contributed by atoms with Gasteiger partial charge < -0.3 is 5.11 Å². The van der Waals surface area contributed by atoms with E-state index in [4.69, 9.17) is 5.11 Å². The SMILES string of the molecule is O=C(O)c1ccc(CS(=O)(=O)NCc2sccc2Br)cc1. The highest BCUT2D eigenvalue weighted by atomic mass is 79.9. The number of thiophene rings is 1. The number of rotatable bonds is 6. The zero-order valence-electron chi connectivity index (χ0n) is 10.7. The summed E-state index contributed by atoms with van der Waals surface area (Å²) in [4.78, 5) is 11.6. The molecular weight excluding hydrogens is 378 g/mol. The number of carboxylic acids is 1. The molecule has 0 amide bonds. The summed E-state index contributed by atoms with van der Waals surface area (Å²) < 4.78 is 27.4. The monoisotopic (exact) mass is 389 g/mol. The first-order valence-electron chi connectivity index (χ1n) is 5.89. The molecule has 0 bridgehead atoms. The molecule has 112 valence electrons. The third-order valence-electron chi connectivity index (χ3n) is 2.70. The van der Waals surface area contributed by atoms with Gasteiger partial charge >= 0.3 is 5.97 Å². The zero-order chi connectivity index (χ0) is 15.5. The molecule has 0 radical (unpaired) electrons. The maximum absolute atomic E-state index is 12.0. The Morgan fingerprint density at radius 1 is 1.24 bits per heavy atom. The first kappa shape index (κ1) is 16.2. The maximum Gasteiger partial charge on any atom is 0.335 e. The minimum atomic E-state index is -3.47. The van der Waals surface area contributed by atoms with Gasteiger partial charge in [-0.1, -0.05) is 12.1 Å². The van der Waals surface area contributed by atoms with Crippen LogP contribution in [0.3, 0.4) is 0 Å². The normalized spacial score (nSPS) is 11.5. The first-order valence-corrected chi connectivity index (χ1v) is 9.21. The molecule has 21 heavy (non-hydrogen) atoms. The Labute approximate surface area is 134 Å². The van der Waals surface area contributed by atoms with Crippen molar-refractivity contribution >= 4 is 43.3 Å². The number of sulfonamides is 1. The van der Waals surface area contributed by atoms with E-state index in [1.54, 1.807) is 0 Å². The van der Waals surface area contributed by atoms with Crippen LogP contribution < -0.4 is 4.72 Å². The molecule has 8 heteroatoms. The molecule has 0 unspecified atom stereocenters. The van der Waals surface area contributed by atoms with Crippen molar-refractivity contribution in [2.75, 3.05) is 0 Å². The van der Waals surface area contributed by atoms with Crippen molar-refractivity contribution in [3.8, 4) is 0 Å². The highest BCUT2D eigenvalue weighted by Gasteiger charge is 2.13. The fourth-order valence-electron chi connectivity index (χ4n) is 1.64. The quantitative estimate of drug-likeness (QED) is 0.795. The van der Waals surface area contributed by atoms with E-state index in [0.717, 1.165) is 9.35 Å². The lowest BCUT2D eigenvalue weighted by Crippen LogP contribution is -2.24. The molecule has 0 aliphatic carbocycles. The Balaban J connectivity index is 2.00. The largest absolute Gasteiger partial charge is 0.478 e. The van der Waals surface area contributed by atoms with Crippen LogP contribution in [0.5, 0.6) is 0 Å². The Kier molecular flexibility index (Phi) is 5.15. The van der Waals surface area contributed by atoms with Crippen molar-refractivity contribution in [3.05, 3.63) is 56.2 Å². The Bertz CT molecular complexity index is 738. The van der Waals surface area contributed by atoms with Crippen LogP contribution in [0.25, 0.3) is 0 Å². The second-order valence-corrected chi connectivity index (χ2v) is 7.94. The van der Waals surface area contributed by atoms with E-state index in [0.29, 0.717) is 5.56 Å². The van der Waals surface area contributed by atoms with Gasteiger partial charge in [0.2, 0.25) is 10.0 Å². The summed E-state index contributed by atoms with van der Waals surface area (Å²) in [5, 5.41) is 10.7. The van der Waals surface area contributed by atoms with Gasteiger partial charge in [0, 0.05) is 15.9 Å². The molecule has 0 saturated carbocycles. The Morgan fingerprint density at radius 3 is 2.43 bits per heavy atom. The number of benzene rings is 1. The van der Waals surface area contributed by atoms with Crippen molar-refractivity contribution in [1.29, 1.82) is 0 Å². The third kappa shape index (κ3) is 4.63. The number of halogens is 1. The molecule has 0 aliphatic heterocycles. The summed E-state index contributed by atoms with van der Waals surface area (Å²) in [6.07, 6.45) is 0. The molecule has 2 N–H and O–H groups in total. The molecule has 1 heterocycles. The van der Waals surface area contributed by atoms with Gasteiger partial charge in [0.1, 0.15) is 0 Å². The molecule has 0 spiro atoms. The number of carbonyl (C=O) groups is 1.